The van der Waals surface area contributed by atoms with Crippen LogP contribution in [-0.4, -0.2) is 23.1 Å². The molecule has 2 N–H and O–H groups in total. The molecule has 0 radical (unpaired) electrons. The molecule has 2 aromatic rings. The Labute approximate surface area is 89.4 Å². The number of carboxylic acid groups (broad SMARTS) is 1. The van der Waals surface area contributed by atoms with Gasteiger partial charge in [0.05, 0.1) is 6.26 Å². The molecule has 0 fully saturated rings. The molecule has 0 amide bonds. The van der Waals surface area contributed by atoms with Crippen LogP contribution in [0.4, 0.5) is 5.13 Å². The highest BCUT2D eigenvalue weighted by Crippen LogP contribution is 2.33. The summed E-state index contributed by atoms with van der Waals surface area (Å²) in [4.78, 5) is 15.4. The van der Waals surface area contributed by atoms with E-state index in [4.69, 9.17) is 9.52 Å². The Kier molecular flexibility index (Phi) is 2.42. The molecule has 15 heavy (non-hydrogen) atoms. The van der Waals surface area contributed by atoms with Crippen molar-refractivity contribution >= 4 is 22.4 Å². The van der Waals surface area contributed by atoms with Crippen molar-refractivity contribution in [3.05, 3.63) is 24.1 Å². The lowest BCUT2D eigenvalue weighted by Gasteiger charge is -1.91. The molecule has 0 aromatic carbocycles. The molecule has 78 valence electrons. The normalized spacial score (nSPS) is 10.2. The summed E-state index contributed by atoms with van der Waals surface area (Å²) in [5, 5.41) is 12.3. The number of thiazole rings is 1. The van der Waals surface area contributed by atoms with Crippen LogP contribution >= 0.6 is 11.3 Å². The third-order valence-corrected chi connectivity index (χ3v) is 2.88. The molecule has 0 saturated carbocycles. The van der Waals surface area contributed by atoms with E-state index in [0.29, 0.717) is 15.8 Å². The molecule has 0 atom stereocenters. The van der Waals surface area contributed by atoms with E-state index in [-0.39, 0.29) is 5.69 Å². The summed E-state index contributed by atoms with van der Waals surface area (Å²) in [5.41, 5.74) is 0.0132. The minimum atomic E-state index is -1.06. The van der Waals surface area contributed by atoms with E-state index in [1.807, 2.05) is 0 Å². The maximum atomic E-state index is 10.9. The Morgan fingerprint density at radius 2 is 2.47 bits per heavy atom. The maximum absolute atomic E-state index is 10.9. The largest absolute Gasteiger partial charge is 0.476 e. The Morgan fingerprint density at radius 3 is 3.00 bits per heavy atom. The molecule has 2 rings (SSSR count). The fraction of sp³-hybridized carbons (Fsp3) is 0.111. The quantitative estimate of drug-likeness (QED) is 0.835. The summed E-state index contributed by atoms with van der Waals surface area (Å²) >= 11 is 1.25. The monoisotopic (exact) mass is 224 g/mol. The number of hydrogen-bond acceptors (Lipinski definition) is 5. The second-order valence-electron chi connectivity index (χ2n) is 2.73. The van der Waals surface area contributed by atoms with Gasteiger partial charge in [-0.3, -0.25) is 0 Å². The summed E-state index contributed by atoms with van der Waals surface area (Å²) in [6, 6.07) is 3.42. The zero-order valence-electron chi connectivity index (χ0n) is 7.85. The maximum Gasteiger partial charge on any atom is 0.356 e. The fourth-order valence-corrected chi connectivity index (χ4v) is 2.03. The van der Waals surface area contributed by atoms with Crippen molar-refractivity contribution < 1.29 is 14.3 Å². The number of furan rings is 1. The minimum absolute atomic E-state index is 0.0132. The van der Waals surface area contributed by atoms with Gasteiger partial charge in [0.2, 0.25) is 0 Å². The number of nitrogens with one attached hydrogen (secondary N) is 1. The van der Waals surface area contributed by atoms with Crippen molar-refractivity contribution in [3.8, 4) is 10.6 Å². The van der Waals surface area contributed by atoms with E-state index in [9.17, 15) is 4.79 Å². The molecule has 2 heterocycles. The zero-order chi connectivity index (χ0) is 10.8. The number of carboxylic acids is 1. The van der Waals surface area contributed by atoms with Crippen LogP contribution in [0.1, 0.15) is 10.5 Å². The van der Waals surface area contributed by atoms with E-state index in [1.165, 1.54) is 17.6 Å². The first-order valence-electron chi connectivity index (χ1n) is 4.18. The van der Waals surface area contributed by atoms with Crippen LogP contribution in [-0.2, 0) is 0 Å². The number of nitrogens with zero attached hydrogens (tertiary/aromatic N) is 1. The molecule has 6 heteroatoms. The number of aromatic nitrogens is 1. The fourth-order valence-electron chi connectivity index (χ4n) is 1.15. The molecular weight excluding hydrogens is 216 g/mol. The van der Waals surface area contributed by atoms with Crippen molar-refractivity contribution in [2.45, 2.75) is 0 Å². The number of carbonyl (C=O) groups is 1. The summed E-state index contributed by atoms with van der Waals surface area (Å²) in [6.45, 7) is 0. The van der Waals surface area contributed by atoms with Crippen molar-refractivity contribution in [2.75, 3.05) is 12.4 Å². The van der Waals surface area contributed by atoms with Gasteiger partial charge in [-0.05, 0) is 12.1 Å². The average molecular weight is 224 g/mol. The van der Waals surface area contributed by atoms with E-state index in [2.05, 4.69) is 10.3 Å². The van der Waals surface area contributed by atoms with Gasteiger partial charge in [0.15, 0.2) is 10.8 Å². The topological polar surface area (TPSA) is 75.4 Å². The van der Waals surface area contributed by atoms with Gasteiger partial charge in [0.1, 0.15) is 10.6 Å². The van der Waals surface area contributed by atoms with Crippen LogP contribution in [0.2, 0.25) is 0 Å². The van der Waals surface area contributed by atoms with Crippen LogP contribution in [0.25, 0.3) is 10.6 Å². The van der Waals surface area contributed by atoms with E-state index in [1.54, 1.807) is 19.2 Å². The minimum Gasteiger partial charge on any atom is -0.476 e. The molecule has 0 spiro atoms. The third kappa shape index (κ3) is 1.71. The molecule has 0 aliphatic heterocycles. The first-order chi connectivity index (χ1) is 7.22. The van der Waals surface area contributed by atoms with Crippen LogP contribution in [0.5, 0.6) is 0 Å². The Bertz CT molecular complexity index is 476. The molecule has 5 nitrogen and oxygen atoms in total. The molecule has 0 saturated heterocycles. The van der Waals surface area contributed by atoms with Crippen LogP contribution in [0.3, 0.4) is 0 Å². The van der Waals surface area contributed by atoms with Crippen molar-refractivity contribution in [1.82, 2.24) is 4.98 Å². The number of rotatable bonds is 3. The van der Waals surface area contributed by atoms with Gasteiger partial charge in [-0.25, -0.2) is 9.78 Å². The van der Waals surface area contributed by atoms with Crippen LogP contribution in [0.15, 0.2) is 22.8 Å². The number of anilines is 1. The molecule has 0 aliphatic carbocycles. The van der Waals surface area contributed by atoms with Gasteiger partial charge in [0.25, 0.3) is 0 Å². The second kappa shape index (κ2) is 3.74. The Morgan fingerprint density at radius 1 is 1.67 bits per heavy atom. The molecular formula is C9H8N2O3S. The predicted molar refractivity (Wildman–Crippen MR) is 56.3 cm³/mol. The predicted octanol–water partition coefficient (Wildman–Crippen LogP) is 2.14. The molecule has 2 aromatic heterocycles. The van der Waals surface area contributed by atoms with Crippen molar-refractivity contribution in [2.24, 2.45) is 0 Å². The van der Waals surface area contributed by atoms with Crippen LogP contribution in [0, 0.1) is 0 Å². The van der Waals surface area contributed by atoms with Crippen molar-refractivity contribution in [1.29, 1.82) is 0 Å². The highest BCUT2D eigenvalue weighted by Gasteiger charge is 2.19. The SMILES string of the molecule is CNc1nc(C(=O)O)c(-c2ccco2)s1. The average Bonchev–Trinajstić information content (AvgIpc) is 2.86. The van der Waals surface area contributed by atoms with Gasteiger partial charge in [-0.2, -0.15) is 0 Å². The first-order valence-corrected chi connectivity index (χ1v) is 4.99. The number of aromatic carboxylic acids is 1. The van der Waals surface area contributed by atoms with Gasteiger partial charge in [-0.15, -0.1) is 0 Å². The summed E-state index contributed by atoms with van der Waals surface area (Å²) < 4.78 is 5.15. The standard InChI is InChI=1S/C9H8N2O3S/c1-10-9-11-6(8(12)13)7(15-9)5-3-2-4-14-5/h2-4H,1H3,(H,10,11)(H,12,13). The lowest BCUT2D eigenvalue weighted by molar-refractivity contribution is 0.0692. The lowest BCUT2D eigenvalue weighted by Crippen LogP contribution is -1.99. The lowest BCUT2D eigenvalue weighted by atomic mass is 10.3. The summed E-state index contributed by atoms with van der Waals surface area (Å²) in [7, 11) is 1.69. The summed E-state index contributed by atoms with van der Waals surface area (Å²) in [5.74, 6) is -0.537. The first kappa shape index (κ1) is 9.72. The number of hydrogen-bond donors (Lipinski definition) is 2. The van der Waals surface area contributed by atoms with Gasteiger partial charge >= 0.3 is 5.97 Å². The highest BCUT2D eigenvalue weighted by molar-refractivity contribution is 7.19. The van der Waals surface area contributed by atoms with Gasteiger partial charge in [-0.1, -0.05) is 11.3 Å². The van der Waals surface area contributed by atoms with Crippen molar-refractivity contribution in [3.63, 3.8) is 0 Å². The highest BCUT2D eigenvalue weighted by atomic mass is 32.1. The Balaban J connectivity index is 2.54. The Hall–Kier alpha value is -1.82. The van der Waals surface area contributed by atoms with E-state index in [0.717, 1.165) is 0 Å². The summed E-state index contributed by atoms with van der Waals surface area (Å²) in [6.07, 6.45) is 1.50. The molecule has 0 bridgehead atoms. The molecule has 0 aliphatic rings. The van der Waals surface area contributed by atoms with Crippen LogP contribution < -0.4 is 5.32 Å². The van der Waals surface area contributed by atoms with Gasteiger partial charge < -0.3 is 14.8 Å². The van der Waals surface area contributed by atoms with E-state index >= 15 is 0 Å². The molecule has 0 unspecified atom stereocenters. The smallest absolute Gasteiger partial charge is 0.356 e. The van der Waals surface area contributed by atoms with E-state index < -0.39 is 5.97 Å². The third-order valence-electron chi connectivity index (χ3n) is 1.79. The van der Waals surface area contributed by atoms with Gasteiger partial charge in [0, 0.05) is 7.05 Å². The second-order valence-corrected chi connectivity index (χ2v) is 3.73. The zero-order valence-corrected chi connectivity index (χ0v) is 8.67.